The van der Waals surface area contributed by atoms with Crippen LogP contribution in [0, 0.1) is 5.82 Å². The number of para-hydroxylation sites is 2. The molecule has 6 nitrogen and oxygen atoms in total. The largest absolute Gasteiger partial charge is 0.440 e. The Hall–Kier alpha value is -3.43. The van der Waals surface area contributed by atoms with E-state index in [1.807, 2.05) is 5.32 Å². The number of nitrogens with zero attached hydrogens (tertiary/aromatic N) is 2. The molecule has 1 atom stereocenters. The van der Waals surface area contributed by atoms with E-state index in [2.05, 4.69) is 4.98 Å². The molecule has 0 spiro atoms. The molecule has 0 saturated carbocycles. The molecule has 2 N–H and O–H groups in total. The first-order valence-electron chi connectivity index (χ1n) is 7.68. The second-order valence-corrected chi connectivity index (χ2v) is 5.90. The van der Waals surface area contributed by atoms with Crippen LogP contribution in [-0.4, -0.2) is 33.2 Å². The number of hydrogen-bond donors (Lipinski definition) is 2. The third-order valence-electron chi connectivity index (χ3n) is 4.22. The summed E-state index contributed by atoms with van der Waals surface area (Å²) in [6, 6.07) is 10.1. The Bertz CT molecular complexity index is 1070. The first-order valence-corrected chi connectivity index (χ1v) is 7.68. The lowest BCUT2D eigenvalue weighted by Crippen LogP contribution is -2.67. The fourth-order valence-electron chi connectivity index (χ4n) is 2.90. The zero-order chi connectivity index (χ0) is 19.4. The van der Waals surface area contributed by atoms with Crippen molar-refractivity contribution in [3.63, 3.8) is 0 Å². The van der Waals surface area contributed by atoms with E-state index >= 15 is 0 Å². The van der Waals surface area contributed by atoms with Crippen molar-refractivity contribution >= 4 is 28.8 Å². The van der Waals surface area contributed by atoms with Crippen molar-refractivity contribution in [1.29, 1.82) is 0 Å². The number of alkyl halides is 3. The van der Waals surface area contributed by atoms with Crippen LogP contribution in [0.4, 0.5) is 23.5 Å². The Balaban J connectivity index is 1.77. The Labute approximate surface area is 148 Å². The molecule has 0 aliphatic carbocycles. The second-order valence-electron chi connectivity index (χ2n) is 5.90. The number of benzene rings is 2. The second kappa shape index (κ2) is 5.53. The van der Waals surface area contributed by atoms with Gasteiger partial charge in [-0.25, -0.2) is 13.9 Å². The average molecular weight is 378 g/mol. The molecule has 1 unspecified atom stereocenters. The minimum Gasteiger partial charge on any atom is -0.317 e. The van der Waals surface area contributed by atoms with Crippen LogP contribution < -0.4 is 10.6 Å². The zero-order valence-corrected chi connectivity index (χ0v) is 13.3. The van der Waals surface area contributed by atoms with Gasteiger partial charge in [-0.05, 0) is 36.4 Å². The molecular weight excluding hydrogens is 368 g/mol. The number of nitrogens with one attached hydrogen (secondary N) is 2. The highest BCUT2D eigenvalue weighted by Crippen LogP contribution is 2.39. The number of halogens is 4. The van der Waals surface area contributed by atoms with Crippen LogP contribution in [0.1, 0.15) is 15.2 Å². The van der Waals surface area contributed by atoms with Gasteiger partial charge in [0.05, 0.1) is 11.0 Å². The minimum absolute atomic E-state index is 0.173. The molecule has 0 fully saturated rings. The standard InChI is InChI=1S/C17H10F4N4O2/c18-10-7-5-9(6-8-10)13(26)23-16(17(19,20)21)14(27)25-12-4-2-1-3-11(12)22-15(25)24-16/h1-8H,(H,22,24)(H,23,26). The van der Waals surface area contributed by atoms with E-state index in [0.29, 0.717) is 5.52 Å². The molecule has 138 valence electrons. The molecule has 0 radical (unpaired) electrons. The van der Waals surface area contributed by atoms with E-state index in [0.717, 1.165) is 28.8 Å². The van der Waals surface area contributed by atoms with Crippen LogP contribution in [0.2, 0.25) is 0 Å². The highest BCUT2D eigenvalue weighted by Gasteiger charge is 2.66. The van der Waals surface area contributed by atoms with Crippen molar-refractivity contribution in [3.8, 4) is 0 Å². The molecule has 27 heavy (non-hydrogen) atoms. The zero-order valence-electron chi connectivity index (χ0n) is 13.3. The van der Waals surface area contributed by atoms with Gasteiger partial charge < -0.3 is 10.6 Å². The highest BCUT2D eigenvalue weighted by molar-refractivity contribution is 6.08. The van der Waals surface area contributed by atoms with Gasteiger partial charge in [-0.1, -0.05) is 12.1 Å². The van der Waals surface area contributed by atoms with Crippen LogP contribution in [0.5, 0.6) is 0 Å². The topological polar surface area (TPSA) is 76.0 Å². The summed E-state index contributed by atoms with van der Waals surface area (Å²) < 4.78 is 55.3. The molecule has 10 heteroatoms. The van der Waals surface area contributed by atoms with Crippen molar-refractivity contribution in [3.05, 3.63) is 59.9 Å². The molecular formula is C17H10F4N4O2. The minimum atomic E-state index is -5.17. The fraction of sp³-hybridized carbons (Fsp3) is 0.118. The molecule has 4 rings (SSSR count). The van der Waals surface area contributed by atoms with Crippen LogP contribution >= 0.6 is 0 Å². The maximum absolute atomic E-state index is 13.8. The average Bonchev–Trinajstić information content (AvgIpc) is 3.10. The van der Waals surface area contributed by atoms with E-state index in [4.69, 9.17) is 0 Å². The van der Waals surface area contributed by atoms with E-state index in [-0.39, 0.29) is 17.0 Å². The van der Waals surface area contributed by atoms with Crippen molar-refractivity contribution in [2.24, 2.45) is 0 Å². The summed E-state index contributed by atoms with van der Waals surface area (Å²) >= 11 is 0. The molecule has 1 aliphatic heterocycles. The molecule has 0 bridgehead atoms. The van der Waals surface area contributed by atoms with E-state index in [9.17, 15) is 27.2 Å². The third-order valence-corrected chi connectivity index (χ3v) is 4.22. The number of hydrogen-bond acceptors (Lipinski definition) is 4. The van der Waals surface area contributed by atoms with Crippen LogP contribution in [-0.2, 0) is 0 Å². The maximum Gasteiger partial charge on any atom is 0.440 e. The van der Waals surface area contributed by atoms with E-state index < -0.39 is 29.5 Å². The van der Waals surface area contributed by atoms with Crippen molar-refractivity contribution in [2.75, 3.05) is 5.32 Å². The predicted molar refractivity (Wildman–Crippen MR) is 86.6 cm³/mol. The number of rotatable bonds is 2. The van der Waals surface area contributed by atoms with Crippen molar-refractivity contribution in [2.45, 2.75) is 11.8 Å². The Morgan fingerprint density at radius 1 is 1.11 bits per heavy atom. The quantitative estimate of drug-likeness (QED) is 0.673. The monoisotopic (exact) mass is 378 g/mol. The maximum atomic E-state index is 13.8. The molecule has 2 aromatic carbocycles. The molecule has 3 aromatic rings. The number of fused-ring (bicyclic) bond motifs is 3. The van der Waals surface area contributed by atoms with Gasteiger partial charge in [0.2, 0.25) is 5.95 Å². The van der Waals surface area contributed by atoms with Crippen LogP contribution in [0.3, 0.4) is 0 Å². The summed E-state index contributed by atoms with van der Waals surface area (Å²) in [4.78, 5) is 29.0. The Morgan fingerprint density at radius 2 is 1.78 bits per heavy atom. The number of aromatic nitrogens is 2. The number of amides is 1. The van der Waals surface area contributed by atoms with Gasteiger partial charge >= 0.3 is 6.18 Å². The molecule has 1 aromatic heterocycles. The fourth-order valence-corrected chi connectivity index (χ4v) is 2.90. The SMILES string of the molecule is O=C(NC1(C(F)(F)F)Nc2nc3ccccc3n2C1=O)c1ccc(F)cc1. The summed E-state index contributed by atoms with van der Waals surface area (Å²) in [7, 11) is 0. The highest BCUT2D eigenvalue weighted by atomic mass is 19.4. The Kier molecular flexibility index (Phi) is 3.48. The molecule has 0 saturated heterocycles. The first-order chi connectivity index (χ1) is 12.7. The van der Waals surface area contributed by atoms with Gasteiger partial charge in [0.1, 0.15) is 5.82 Å². The number of carbonyl (C=O) groups excluding carboxylic acids is 2. The van der Waals surface area contributed by atoms with Crippen molar-refractivity contribution in [1.82, 2.24) is 14.9 Å². The van der Waals surface area contributed by atoms with Gasteiger partial charge in [0.15, 0.2) is 0 Å². The smallest absolute Gasteiger partial charge is 0.317 e. The van der Waals surface area contributed by atoms with Crippen LogP contribution in [0.25, 0.3) is 11.0 Å². The summed E-state index contributed by atoms with van der Waals surface area (Å²) in [5.41, 5.74) is -3.12. The summed E-state index contributed by atoms with van der Waals surface area (Å²) in [6.07, 6.45) is -5.17. The molecule has 1 aliphatic rings. The lowest BCUT2D eigenvalue weighted by atomic mass is 10.1. The first kappa shape index (κ1) is 17.0. The van der Waals surface area contributed by atoms with Crippen LogP contribution in [0.15, 0.2) is 48.5 Å². The van der Waals surface area contributed by atoms with E-state index in [1.165, 1.54) is 6.07 Å². The molecule has 2 heterocycles. The lowest BCUT2D eigenvalue weighted by molar-refractivity contribution is -0.169. The summed E-state index contributed by atoms with van der Waals surface area (Å²) in [6.45, 7) is 0. The number of carbonyl (C=O) groups is 2. The van der Waals surface area contributed by atoms with Gasteiger partial charge in [-0.2, -0.15) is 13.2 Å². The van der Waals surface area contributed by atoms with Gasteiger partial charge in [-0.3, -0.25) is 9.59 Å². The van der Waals surface area contributed by atoms with Gasteiger partial charge in [0.25, 0.3) is 17.5 Å². The number of anilines is 1. The van der Waals surface area contributed by atoms with Gasteiger partial charge in [-0.15, -0.1) is 0 Å². The summed E-state index contributed by atoms with van der Waals surface area (Å²) in [5, 5.41) is 3.72. The molecule has 1 amide bonds. The predicted octanol–water partition coefficient (Wildman–Crippen LogP) is 2.93. The van der Waals surface area contributed by atoms with Gasteiger partial charge in [0, 0.05) is 5.56 Å². The van der Waals surface area contributed by atoms with Crippen molar-refractivity contribution < 1.29 is 27.2 Å². The normalized spacial score (nSPS) is 19.0. The number of imidazole rings is 1. The Morgan fingerprint density at radius 3 is 2.44 bits per heavy atom. The van der Waals surface area contributed by atoms with E-state index in [1.54, 1.807) is 23.5 Å². The summed E-state index contributed by atoms with van der Waals surface area (Å²) in [5.74, 6) is -3.62. The lowest BCUT2D eigenvalue weighted by Gasteiger charge is -2.30. The third kappa shape index (κ3) is 2.44.